The normalized spacial score (nSPS) is 22.4. The van der Waals surface area contributed by atoms with E-state index in [1.165, 1.54) is 5.69 Å². The zero-order valence-electron chi connectivity index (χ0n) is 8.44. The molecule has 0 amide bonds. The van der Waals surface area contributed by atoms with E-state index in [1.54, 1.807) is 0 Å². The first-order valence-corrected chi connectivity index (χ1v) is 4.98. The van der Waals surface area contributed by atoms with Crippen molar-refractivity contribution in [3.05, 3.63) is 24.3 Å². The summed E-state index contributed by atoms with van der Waals surface area (Å²) in [5.41, 5.74) is 7.69. The lowest BCUT2D eigenvalue weighted by atomic mass is 10.2. The number of hydrogen-bond acceptors (Lipinski definition) is 3. The van der Waals surface area contributed by atoms with Gasteiger partial charge in [-0.25, -0.2) is 0 Å². The van der Waals surface area contributed by atoms with Crippen LogP contribution in [0.1, 0.15) is 6.92 Å². The van der Waals surface area contributed by atoms with Crippen LogP contribution >= 0.6 is 0 Å². The van der Waals surface area contributed by atoms with Crippen molar-refractivity contribution in [3.63, 3.8) is 0 Å². The molecule has 0 unspecified atom stereocenters. The molecule has 2 N–H and O–H groups in total. The molecule has 1 aromatic carbocycles. The van der Waals surface area contributed by atoms with Crippen LogP contribution in [0.4, 0.5) is 11.4 Å². The maximum atomic E-state index is 5.64. The van der Waals surface area contributed by atoms with E-state index < -0.39 is 0 Å². The molecule has 2 rings (SSSR count). The summed E-state index contributed by atoms with van der Waals surface area (Å²) < 4.78 is 5.49. The van der Waals surface area contributed by atoms with Gasteiger partial charge in [0.05, 0.1) is 12.7 Å². The third kappa shape index (κ3) is 1.99. The lowest BCUT2D eigenvalue weighted by Crippen LogP contribution is -2.41. The van der Waals surface area contributed by atoms with Crippen molar-refractivity contribution < 1.29 is 4.74 Å². The van der Waals surface area contributed by atoms with Crippen LogP contribution < -0.4 is 10.6 Å². The Labute approximate surface area is 84.5 Å². The van der Waals surface area contributed by atoms with Gasteiger partial charge in [-0.3, -0.25) is 0 Å². The van der Waals surface area contributed by atoms with E-state index in [4.69, 9.17) is 10.5 Å². The molecule has 3 nitrogen and oxygen atoms in total. The van der Waals surface area contributed by atoms with E-state index >= 15 is 0 Å². The highest BCUT2D eigenvalue weighted by atomic mass is 16.5. The first kappa shape index (κ1) is 9.34. The molecular formula is C11H16N2O. The number of anilines is 2. The number of nitrogens with zero attached hydrogens (tertiary/aromatic N) is 1. The van der Waals surface area contributed by atoms with Gasteiger partial charge in [0.2, 0.25) is 0 Å². The van der Waals surface area contributed by atoms with Crippen molar-refractivity contribution >= 4 is 11.4 Å². The second-order valence-electron chi connectivity index (χ2n) is 3.72. The number of morpholine rings is 1. The maximum Gasteiger partial charge on any atom is 0.0722 e. The van der Waals surface area contributed by atoms with Gasteiger partial charge in [0.1, 0.15) is 0 Å². The zero-order valence-corrected chi connectivity index (χ0v) is 8.44. The highest BCUT2D eigenvalue weighted by Gasteiger charge is 2.16. The van der Waals surface area contributed by atoms with Crippen molar-refractivity contribution in [1.82, 2.24) is 0 Å². The molecule has 1 atom stereocenters. The molecular weight excluding hydrogens is 176 g/mol. The Kier molecular flexibility index (Phi) is 2.59. The minimum atomic E-state index is 0.321. The van der Waals surface area contributed by atoms with Crippen molar-refractivity contribution in [1.29, 1.82) is 0 Å². The number of nitrogens with two attached hydrogens (primary N) is 1. The topological polar surface area (TPSA) is 38.5 Å². The molecule has 0 radical (unpaired) electrons. The van der Waals surface area contributed by atoms with E-state index in [2.05, 4.69) is 24.0 Å². The summed E-state index contributed by atoms with van der Waals surface area (Å²) in [6.45, 7) is 4.84. The Balaban J connectivity index is 2.10. The quantitative estimate of drug-likeness (QED) is 0.685. The summed E-state index contributed by atoms with van der Waals surface area (Å²) in [5, 5.41) is 0. The predicted molar refractivity (Wildman–Crippen MR) is 58.5 cm³/mol. The van der Waals surface area contributed by atoms with Crippen LogP contribution in [0.5, 0.6) is 0 Å². The fraction of sp³-hybridized carbons (Fsp3) is 0.455. The monoisotopic (exact) mass is 192 g/mol. The van der Waals surface area contributed by atoms with E-state index in [-0.39, 0.29) is 0 Å². The highest BCUT2D eigenvalue weighted by molar-refractivity contribution is 5.53. The van der Waals surface area contributed by atoms with Crippen molar-refractivity contribution in [2.75, 3.05) is 30.3 Å². The first-order valence-electron chi connectivity index (χ1n) is 4.98. The minimum absolute atomic E-state index is 0.321. The summed E-state index contributed by atoms with van der Waals surface area (Å²) in [6.07, 6.45) is 0.321. The van der Waals surface area contributed by atoms with Gasteiger partial charge < -0.3 is 15.4 Å². The summed E-state index contributed by atoms with van der Waals surface area (Å²) >= 11 is 0. The molecule has 0 aliphatic carbocycles. The SMILES string of the molecule is C[C@@H]1CN(c2ccc(N)cc2)CCO1. The molecule has 3 heteroatoms. The van der Waals surface area contributed by atoms with Crippen molar-refractivity contribution in [2.24, 2.45) is 0 Å². The minimum Gasteiger partial charge on any atom is -0.399 e. The Morgan fingerprint density at radius 1 is 1.36 bits per heavy atom. The Hall–Kier alpha value is -1.22. The summed E-state index contributed by atoms with van der Waals surface area (Å²) in [4.78, 5) is 2.33. The van der Waals surface area contributed by atoms with Crippen molar-refractivity contribution in [3.8, 4) is 0 Å². The van der Waals surface area contributed by atoms with Gasteiger partial charge in [-0.1, -0.05) is 0 Å². The average molecular weight is 192 g/mol. The number of nitrogen functional groups attached to an aromatic ring is 1. The van der Waals surface area contributed by atoms with Crippen molar-refractivity contribution in [2.45, 2.75) is 13.0 Å². The molecule has 1 aromatic rings. The standard InChI is InChI=1S/C11H16N2O/c1-9-8-13(6-7-14-9)11-4-2-10(12)3-5-11/h2-5,9H,6-8,12H2,1H3/t9-/m1/s1. The van der Waals surface area contributed by atoms with Crippen LogP contribution in [0, 0.1) is 0 Å². The van der Waals surface area contributed by atoms with E-state index in [0.29, 0.717) is 6.10 Å². The van der Waals surface area contributed by atoms with E-state index in [0.717, 1.165) is 25.4 Å². The molecule has 0 spiro atoms. The van der Waals surface area contributed by atoms with Gasteiger partial charge >= 0.3 is 0 Å². The van der Waals surface area contributed by atoms with Crippen LogP contribution in [0.3, 0.4) is 0 Å². The smallest absolute Gasteiger partial charge is 0.0722 e. The number of rotatable bonds is 1. The van der Waals surface area contributed by atoms with E-state index in [9.17, 15) is 0 Å². The molecule has 14 heavy (non-hydrogen) atoms. The van der Waals surface area contributed by atoms with Crippen LogP contribution in [0.2, 0.25) is 0 Å². The van der Waals surface area contributed by atoms with Gasteiger partial charge in [0, 0.05) is 24.5 Å². The molecule has 0 aromatic heterocycles. The lowest BCUT2D eigenvalue weighted by Gasteiger charge is -2.32. The molecule has 1 fully saturated rings. The highest BCUT2D eigenvalue weighted by Crippen LogP contribution is 2.18. The third-order valence-electron chi connectivity index (χ3n) is 2.50. The fourth-order valence-corrected chi connectivity index (χ4v) is 1.74. The van der Waals surface area contributed by atoms with Gasteiger partial charge in [-0.05, 0) is 31.2 Å². The lowest BCUT2D eigenvalue weighted by molar-refractivity contribution is 0.0532. The molecule has 1 heterocycles. The zero-order chi connectivity index (χ0) is 9.97. The van der Waals surface area contributed by atoms with Crippen LogP contribution in [-0.4, -0.2) is 25.8 Å². The Morgan fingerprint density at radius 3 is 2.71 bits per heavy atom. The van der Waals surface area contributed by atoms with Crippen LogP contribution in [-0.2, 0) is 4.74 Å². The Morgan fingerprint density at radius 2 is 2.07 bits per heavy atom. The summed E-state index contributed by atoms with van der Waals surface area (Å²) in [6, 6.07) is 8.01. The summed E-state index contributed by atoms with van der Waals surface area (Å²) in [5.74, 6) is 0. The van der Waals surface area contributed by atoms with Gasteiger partial charge in [0.25, 0.3) is 0 Å². The molecule has 76 valence electrons. The average Bonchev–Trinajstić information content (AvgIpc) is 2.19. The van der Waals surface area contributed by atoms with Crippen LogP contribution in [0.15, 0.2) is 24.3 Å². The second-order valence-corrected chi connectivity index (χ2v) is 3.72. The second kappa shape index (κ2) is 3.88. The number of benzene rings is 1. The van der Waals surface area contributed by atoms with Gasteiger partial charge in [0.15, 0.2) is 0 Å². The summed E-state index contributed by atoms with van der Waals surface area (Å²) in [7, 11) is 0. The van der Waals surface area contributed by atoms with Gasteiger partial charge in [-0.2, -0.15) is 0 Å². The third-order valence-corrected chi connectivity index (χ3v) is 2.50. The molecule has 1 aliphatic rings. The maximum absolute atomic E-state index is 5.64. The molecule has 1 aliphatic heterocycles. The largest absolute Gasteiger partial charge is 0.399 e. The molecule has 0 bridgehead atoms. The predicted octanol–water partition coefficient (Wildman–Crippen LogP) is 1.49. The van der Waals surface area contributed by atoms with Gasteiger partial charge in [-0.15, -0.1) is 0 Å². The number of hydrogen-bond donors (Lipinski definition) is 1. The fourth-order valence-electron chi connectivity index (χ4n) is 1.74. The van der Waals surface area contributed by atoms with Crippen LogP contribution in [0.25, 0.3) is 0 Å². The first-order chi connectivity index (χ1) is 6.75. The molecule has 0 saturated carbocycles. The van der Waals surface area contributed by atoms with E-state index in [1.807, 2.05) is 12.1 Å². The Bertz CT molecular complexity index is 297. The number of ether oxygens (including phenoxy) is 1. The molecule has 1 saturated heterocycles.